The molecule has 1 amide bonds. The summed E-state index contributed by atoms with van der Waals surface area (Å²) in [7, 11) is 2.80. The molecule has 0 bridgehead atoms. The molecule has 2 rings (SSSR count). The van der Waals surface area contributed by atoms with Gasteiger partial charge >= 0.3 is 5.97 Å². The zero-order chi connectivity index (χ0) is 14.5. The number of ether oxygens (including phenoxy) is 2. The van der Waals surface area contributed by atoms with Crippen molar-refractivity contribution in [1.82, 2.24) is 14.9 Å². The van der Waals surface area contributed by atoms with Gasteiger partial charge in [-0.05, 0) is 0 Å². The smallest absolute Gasteiger partial charge is 0.325 e. The number of carbonyl (C=O) groups is 2. The molecule has 20 heavy (non-hydrogen) atoms. The Balaban J connectivity index is 2.05. The Labute approximate surface area is 116 Å². The fourth-order valence-corrected chi connectivity index (χ4v) is 1.96. The van der Waals surface area contributed by atoms with Gasteiger partial charge in [-0.25, -0.2) is 9.97 Å². The highest BCUT2D eigenvalue weighted by Gasteiger charge is 2.28. The van der Waals surface area contributed by atoms with Crippen LogP contribution in [0.1, 0.15) is 0 Å². The first kappa shape index (κ1) is 14.0. The first-order chi connectivity index (χ1) is 9.65. The topological polar surface area (TPSA) is 84.9 Å². The summed E-state index contributed by atoms with van der Waals surface area (Å²) in [4.78, 5) is 34.7. The minimum atomic E-state index is -0.427. The van der Waals surface area contributed by atoms with E-state index in [1.807, 2.05) is 0 Å². The number of anilines is 1. The minimum absolute atomic E-state index is 0.0270. The molecule has 8 nitrogen and oxygen atoms in total. The average Bonchev–Trinajstić information content (AvgIpc) is 2.49. The second-order valence-electron chi connectivity index (χ2n) is 4.20. The van der Waals surface area contributed by atoms with E-state index in [1.165, 1.54) is 25.3 Å². The van der Waals surface area contributed by atoms with Crippen molar-refractivity contribution >= 4 is 17.7 Å². The van der Waals surface area contributed by atoms with E-state index in [9.17, 15) is 9.59 Å². The number of piperazine rings is 1. The summed E-state index contributed by atoms with van der Waals surface area (Å²) in [5, 5.41) is 0. The van der Waals surface area contributed by atoms with Crippen molar-refractivity contribution in [3.05, 3.63) is 12.4 Å². The predicted octanol–water partition coefficient (Wildman–Crippen LogP) is -0.693. The summed E-state index contributed by atoms with van der Waals surface area (Å²) in [6, 6.07) is 0. The number of methoxy groups -OCH3 is 2. The van der Waals surface area contributed by atoms with Crippen LogP contribution >= 0.6 is 0 Å². The second-order valence-corrected chi connectivity index (χ2v) is 4.20. The molecule has 0 atom stereocenters. The van der Waals surface area contributed by atoms with Crippen LogP contribution in [0.3, 0.4) is 0 Å². The predicted molar refractivity (Wildman–Crippen MR) is 69.4 cm³/mol. The third-order valence-electron chi connectivity index (χ3n) is 3.01. The van der Waals surface area contributed by atoms with Crippen LogP contribution in [0.2, 0.25) is 0 Å². The Morgan fingerprint density at radius 1 is 1.30 bits per heavy atom. The van der Waals surface area contributed by atoms with Crippen molar-refractivity contribution in [3.8, 4) is 5.88 Å². The van der Waals surface area contributed by atoms with E-state index in [4.69, 9.17) is 4.74 Å². The lowest BCUT2D eigenvalue weighted by Crippen LogP contribution is -2.52. The van der Waals surface area contributed by atoms with E-state index < -0.39 is 5.97 Å². The first-order valence-corrected chi connectivity index (χ1v) is 6.10. The number of amides is 1. The average molecular weight is 280 g/mol. The van der Waals surface area contributed by atoms with Gasteiger partial charge in [0.2, 0.25) is 5.91 Å². The molecule has 0 aromatic carbocycles. The number of hydrogen-bond acceptors (Lipinski definition) is 7. The summed E-state index contributed by atoms with van der Waals surface area (Å²) in [5.74, 6) is 0.320. The first-order valence-electron chi connectivity index (χ1n) is 6.10. The third-order valence-corrected chi connectivity index (χ3v) is 3.01. The Hall–Kier alpha value is -2.38. The summed E-state index contributed by atoms with van der Waals surface area (Å²) >= 11 is 0. The molecule has 1 aliphatic heterocycles. The van der Waals surface area contributed by atoms with Gasteiger partial charge in [0.25, 0.3) is 5.88 Å². The lowest BCUT2D eigenvalue weighted by Gasteiger charge is -2.34. The van der Waals surface area contributed by atoms with Crippen LogP contribution in [-0.4, -0.2) is 67.1 Å². The Kier molecular flexibility index (Phi) is 4.34. The Morgan fingerprint density at radius 2 is 2.05 bits per heavy atom. The van der Waals surface area contributed by atoms with Crippen molar-refractivity contribution in [1.29, 1.82) is 0 Å². The number of esters is 1. The van der Waals surface area contributed by atoms with E-state index >= 15 is 0 Å². The molecule has 1 aromatic heterocycles. The minimum Gasteiger partial charge on any atom is -0.478 e. The maximum Gasteiger partial charge on any atom is 0.325 e. The number of carbonyl (C=O) groups excluding carboxylic acids is 2. The lowest BCUT2D eigenvalue weighted by molar-refractivity contribution is -0.147. The molecular formula is C12H16N4O4. The molecule has 0 N–H and O–H groups in total. The van der Waals surface area contributed by atoms with Crippen molar-refractivity contribution in [2.24, 2.45) is 0 Å². The quantitative estimate of drug-likeness (QED) is 0.675. The molecule has 2 heterocycles. The van der Waals surface area contributed by atoms with Gasteiger partial charge in [-0.1, -0.05) is 0 Å². The second kappa shape index (κ2) is 6.18. The van der Waals surface area contributed by atoms with E-state index in [2.05, 4.69) is 14.7 Å². The van der Waals surface area contributed by atoms with Crippen molar-refractivity contribution in [2.75, 3.05) is 45.3 Å². The number of hydrogen-bond donors (Lipinski definition) is 0. The fourth-order valence-electron chi connectivity index (χ4n) is 1.96. The molecule has 1 aliphatic rings. The van der Waals surface area contributed by atoms with E-state index in [0.29, 0.717) is 24.8 Å². The maximum atomic E-state index is 12.0. The molecule has 0 saturated carbocycles. The van der Waals surface area contributed by atoms with Gasteiger partial charge in [0.1, 0.15) is 6.54 Å². The maximum absolute atomic E-state index is 12.0. The van der Waals surface area contributed by atoms with Crippen LogP contribution in [0.5, 0.6) is 5.88 Å². The van der Waals surface area contributed by atoms with Crippen molar-refractivity contribution in [3.63, 3.8) is 0 Å². The fraction of sp³-hybridized carbons (Fsp3) is 0.500. The van der Waals surface area contributed by atoms with Gasteiger partial charge in [0.15, 0.2) is 5.82 Å². The Bertz CT molecular complexity index is 508. The van der Waals surface area contributed by atoms with Gasteiger partial charge in [0, 0.05) is 25.5 Å². The summed E-state index contributed by atoms with van der Waals surface area (Å²) in [6.45, 7) is 1.08. The van der Waals surface area contributed by atoms with Gasteiger partial charge in [-0.2, -0.15) is 0 Å². The van der Waals surface area contributed by atoms with Crippen LogP contribution in [0, 0.1) is 0 Å². The van der Waals surface area contributed by atoms with Crippen LogP contribution in [0.25, 0.3) is 0 Å². The molecular weight excluding hydrogens is 264 g/mol. The van der Waals surface area contributed by atoms with Gasteiger partial charge in [0.05, 0.1) is 20.8 Å². The van der Waals surface area contributed by atoms with Gasteiger partial charge in [-0.15, -0.1) is 0 Å². The number of rotatable bonds is 4. The van der Waals surface area contributed by atoms with E-state index in [1.54, 1.807) is 11.1 Å². The normalized spacial score (nSPS) is 15.2. The van der Waals surface area contributed by atoms with Crippen LogP contribution in [0.4, 0.5) is 5.82 Å². The highest BCUT2D eigenvalue weighted by molar-refractivity contribution is 5.86. The molecule has 1 fully saturated rings. The van der Waals surface area contributed by atoms with Gasteiger partial charge < -0.3 is 19.3 Å². The standard InChI is InChI=1S/C12H16N4O4/c1-19-10(18)8-15-5-6-16(7-9(15)17)11-12(20-2)14-4-3-13-11/h3-4H,5-8H2,1-2H3. The van der Waals surface area contributed by atoms with Crippen molar-refractivity contribution < 1.29 is 19.1 Å². The molecule has 0 spiro atoms. The molecule has 8 heteroatoms. The highest BCUT2D eigenvalue weighted by atomic mass is 16.5. The molecule has 1 aromatic rings. The Morgan fingerprint density at radius 3 is 2.70 bits per heavy atom. The summed E-state index contributed by atoms with van der Waals surface area (Å²) in [6.07, 6.45) is 3.07. The van der Waals surface area contributed by atoms with Crippen LogP contribution in [-0.2, 0) is 14.3 Å². The molecule has 1 saturated heterocycles. The zero-order valence-corrected chi connectivity index (χ0v) is 11.4. The molecule has 108 valence electrons. The summed E-state index contributed by atoms with van der Waals surface area (Å²) in [5.41, 5.74) is 0. The SMILES string of the molecule is COC(=O)CN1CCN(c2nccnc2OC)CC1=O. The monoisotopic (exact) mass is 280 g/mol. The van der Waals surface area contributed by atoms with E-state index in [-0.39, 0.29) is 19.0 Å². The van der Waals surface area contributed by atoms with E-state index in [0.717, 1.165) is 0 Å². The van der Waals surface area contributed by atoms with Crippen LogP contribution < -0.4 is 9.64 Å². The number of aromatic nitrogens is 2. The lowest BCUT2D eigenvalue weighted by atomic mass is 10.3. The zero-order valence-electron chi connectivity index (χ0n) is 11.4. The van der Waals surface area contributed by atoms with Gasteiger partial charge in [-0.3, -0.25) is 9.59 Å². The molecule has 0 radical (unpaired) electrons. The number of nitrogens with zero attached hydrogens (tertiary/aromatic N) is 4. The largest absolute Gasteiger partial charge is 0.478 e. The highest BCUT2D eigenvalue weighted by Crippen LogP contribution is 2.23. The van der Waals surface area contributed by atoms with Crippen LogP contribution in [0.15, 0.2) is 12.4 Å². The third kappa shape index (κ3) is 2.95. The van der Waals surface area contributed by atoms with Crippen molar-refractivity contribution in [2.45, 2.75) is 0 Å². The molecule has 0 aliphatic carbocycles. The summed E-state index contributed by atoms with van der Waals surface area (Å²) < 4.78 is 9.69. The molecule has 0 unspecified atom stereocenters.